The molecule has 14 heavy (non-hydrogen) atoms. The number of aryl methyl sites for hydroxylation is 1. The molecule has 0 aliphatic carbocycles. The van der Waals surface area contributed by atoms with E-state index in [1.54, 1.807) is 6.07 Å². The van der Waals surface area contributed by atoms with E-state index in [4.69, 9.17) is 5.73 Å². The van der Waals surface area contributed by atoms with Crippen LogP contribution in [0.1, 0.15) is 37.2 Å². The minimum Gasteiger partial charge on any atom is -0.383 e. The molecular weight excluding hydrogens is 178 g/mol. The van der Waals surface area contributed by atoms with Crippen LogP contribution in [0, 0.1) is 12.8 Å². The normalized spacial score (nSPS) is 10.9. The van der Waals surface area contributed by atoms with Gasteiger partial charge >= 0.3 is 0 Å². The summed E-state index contributed by atoms with van der Waals surface area (Å²) in [6.07, 6.45) is 1.65. The second-order valence-corrected chi connectivity index (χ2v) is 3.47. The number of rotatable bonds is 3. The smallest absolute Gasteiger partial charge is 0.251 e. The van der Waals surface area contributed by atoms with Crippen molar-refractivity contribution in [2.24, 2.45) is 5.92 Å². The van der Waals surface area contributed by atoms with E-state index in [0.717, 1.165) is 18.5 Å². The van der Waals surface area contributed by atoms with Gasteiger partial charge in [0.15, 0.2) is 0 Å². The quantitative estimate of drug-likeness (QED) is 0.800. The molecule has 0 aliphatic heterocycles. The van der Waals surface area contributed by atoms with Crippen LogP contribution in [0.3, 0.4) is 0 Å². The molecule has 1 aromatic rings. The number of nitrogens with two attached hydrogens (primary N) is 1. The van der Waals surface area contributed by atoms with Gasteiger partial charge in [0.25, 0.3) is 5.91 Å². The second kappa shape index (κ2) is 4.26. The van der Waals surface area contributed by atoms with Crippen molar-refractivity contribution in [2.45, 2.75) is 33.6 Å². The average molecular weight is 195 g/mol. The molecule has 0 radical (unpaired) electrons. The van der Waals surface area contributed by atoms with Gasteiger partial charge in [0.1, 0.15) is 5.82 Å². The van der Waals surface area contributed by atoms with E-state index in [1.165, 1.54) is 4.68 Å². The summed E-state index contributed by atoms with van der Waals surface area (Å²) in [7, 11) is 0. The van der Waals surface area contributed by atoms with Gasteiger partial charge in [-0.05, 0) is 19.8 Å². The fourth-order valence-corrected chi connectivity index (χ4v) is 1.51. The fraction of sp³-hybridized carbons (Fsp3) is 0.600. The predicted molar refractivity (Wildman–Crippen MR) is 56.1 cm³/mol. The highest BCUT2D eigenvalue weighted by atomic mass is 16.2. The fourth-order valence-electron chi connectivity index (χ4n) is 1.51. The lowest BCUT2D eigenvalue weighted by Gasteiger charge is -2.11. The Morgan fingerprint density at radius 2 is 2.14 bits per heavy atom. The first-order valence-electron chi connectivity index (χ1n) is 4.96. The number of nitrogen functional groups attached to an aromatic ring is 1. The SMILES string of the molecule is CCC(CC)C(=O)n1nc(C)cc1N. The van der Waals surface area contributed by atoms with Gasteiger partial charge in [0, 0.05) is 12.0 Å². The van der Waals surface area contributed by atoms with Crippen LogP contribution >= 0.6 is 0 Å². The van der Waals surface area contributed by atoms with Crippen molar-refractivity contribution in [2.75, 3.05) is 5.73 Å². The van der Waals surface area contributed by atoms with Gasteiger partial charge in [-0.1, -0.05) is 13.8 Å². The molecule has 1 aromatic heterocycles. The standard InChI is InChI=1S/C10H17N3O/c1-4-8(5-2)10(14)13-9(11)6-7(3)12-13/h6,8H,4-5,11H2,1-3H3. The third-order valence-corrected chi connectivity index (χ3v) is 2.40. The average Bonchev–Trinajstić information content (AvgIpc) is 2.47. The predicted octanol–water partition coefficient (Wildman–Crippen LogP) is 1.85. The molecule has 2 N–H and O–H groups in total. The first-order chi connectivity index (χ1) is 6.60. The van der Waals surface area contributed by atoms with Crippen molar-refractivity contribution in [3.05, 3.63) is 11.8 Å². The van der Waals surface area contributed by atoms with Crippen molar-refractivity contribution in [1.29, 1.82) is 0 Å². The Balaban J connectivity index is 2.93. The molecule has 0 fully saturated rings. The van der Waals surface area contributed by atoms with Crippen LogP contribution in [0.2, 0.25) is 0 Å². The molecule has 0 saturated heterocycles. The maximum Gasteiger partial charge on any atom is 0.251 e. The molecule has 0 spiro atoms. The molecule has 0 amide bonds. The van der Waals surface area contributed by atoms with Crippen molar-refractivity contribution < 1.29 is 4.79 Å². The number of carbonyl (C=O) groups excluding carboxylic acids is 1. The zero-order chi connectivity index (χ0) is 10.7. The van der Waals surface area contributed by atoms with Gasteiger partial charge in [0.05, 0.1) is 5.69 Å². The summed E-state index contributed by atoms with van der Waals surface area (Å²) in [5, 5.41) is 4.07. The van der Waals surface area contributed by atoms with Gasteiger partial charge in [0.2, 0.25) is 0 Å². The molecule has 0 aromatic carbocycles. The molecule has 0 saturated carbocycles. The molecule has 0 bridgehead atoms. The zero-order valence-electron chi connectivity index (χ0n) is 8.95. The van der Waals surface area contributed by atoms with E-state index < -0.39 is 0 Å². The number of anilines is 1. The summed E-state index contributed by atoms with van der Waals surface area (Å²) < 4.78 is 1.31. The monoisotopic (exact) mass is 195 g/mol. The van der Waals surface area contributed by atoms with E-state index >= 15 is 0 Å². The number of hydrogen-bond acceptors (Lipinski definition) is 3. The molecule has 1 heterocycles. The van der Waals surface area contributed by atoms with Gasteiger partial charge < -0.3 is 5.73 Å². The molecule has 0 unspecified atom stereocenters. The number of carbonyl (C=O) groups is 1. The van der Waals surface area contributed by atoms with Crippen molar-refractivity contribution in [1.82, 2.24) is 9.78 Å². The van der Waals surface area contributed by atoms with E-state index in [0.29, 0.717) is 5.82 Å². The first kappa shape index (κ1) is 10.8. The second-order valence-electron chi connectivity index (χ2n) is 3.47. The molecular formula is C10H17N3O. The summed E-state index contributed by atoms with van der Waals surface area (Å²) >= 11 is 0. The van der Waals surface area contributed by atoms with Crippen LogP contribution in [0.5, 0.6) is 0 Å². The van der Waals surface area contributed by atoms with E-state index in [-0.39, 0.29) is 11.8 Å². The lowest BCUT2D eigenvalue weighted by molar-refractivity contribution is 0.0813. The van der Waals surface area contributed by atoms with Crippen LogP contribution in [0.25, 0.3) is 0 Å². The molecule has 4 nitrogen and oxygen atoms in total. The van der Waals surface area contributed by atoms with E-state index in [1.807, 2.05) is 20.8 Å². The molecule has 78 valence electrons. The van der Waals surface area contributed by atoms with Gasteiger partial charge in [-0.25, -0.2) is 0 Å². The van der Waals surface area contributed by atoms with E-state index in [2.05, 4.69) is 5.10 Å². The number of nitrogens with zero attached hydrogens (tertiary/aromatic N) is 2. The molecule has 4 heteroatoms. The van der Waals surface area contributed by atoms with E-state index in [9.17, 15) is 4.79 Å². The highest BCUT2D eigenvalue weighted by molar-refractivity contribution is 5.83. The Bertz CT molecular complexity index is 326. The Morgan fingerprint density at radius 1 is 1.57 bits per heavy atom. The maximum absolute atomic E-state index is 11.9. The van der Waals surface area contributed by atoms with Gasteiger partial charge in [-0.15, -0.1) is 0 Å². The highest BCUT2D eigenvalue weighted by Gasteiger charge is 2.18. The lowest BCUT2D eigenvalue weighted by Crippen LogP contribution is -2.23. The molecule has 1 rings (SSSR count). The largest absolute Gasteiger partial charge is 0.383 e. The van der Waals surface area contributed by atoms with Crippen LogP contribution in [0.15, 0.2) is 6.07 Å². The molecule has 0 aliphatic rings. The minimum atomic E-state index is 0.000556. The summed E-state index contributed by atoms with van der Waals surface area (Å²) in [6, 6.07) is 1.71. The van der Waals surface area contributed by atoms with Crippen LogP contribution in [-0.2, 0) is 0 Å². The topological polar surface area (TPSA) is 60.9 Å². The Labute approximate surface area is 84.1 Å². The first-order valence-corrected chi connectivity index (χ1v) is 4.96. The Morgan fingerprint density at radius 3 is 2.50 bits per heavy atom. The maximum atomic E-state index is 11.9. The Kier molecular flexibility index (Phi) is 3.28. The summed E-state index contributed by atoms with van der Waals surface area (Å²) in [5.41, 5.74) is 6.45. The highest BCUT2D eigenvalue weighted by Crippen LogP contribution is 2.14. The third kappa shape index (κ3) is 1.95. The van der Waals surface area contributed by atoms with Crippen molar-refractivity contribution in [3.8, 4) is 0 Å². The number of hydrogen-bond donors (Lipinski definition) is 1. The lowest BCUT2D eigenvalue weighted by atomic mass is 10.0. The summed E-state index contributed by atoms with van der Waals surface area (Å²) in [4.78, 5) is 11.9. The van der Waals surface area contributed by atoms with Crippen molar-refractivity contribution >= 4 is 11.7 Å². The Hall–Kier alpha value is -1.32. The summed E-state index contributed by atoms with van der Waals surface area (Å²) in [6.45, 7) is 5.82. The van der Waals surface area contributed by atoms with Gasteiger partial charge in [-0.2, -0.15) is 9.78 Å². The molecule has 0 atom stereocenters. The third-order valence-electron chi connectivity index (χ3n) is 2.40. The van der Waals surface area contributed by atoms with Crippen LogP contribution in [-0.4, -0.2) is 15.7 Å². The van der Waals surface area contributed by atoms with Crippen molar-refractivity contribution in [3.63, 3.8) is 0 Å². The number of aromatic nitrogens is 2. The zero-order valence-corrected chi connectivity index (χ0v) is 8.95. The van der Waals surface area contributed by atoms with Crippen LogP contribution < -0.4 is 5.73 Å². The minimum absolute atomic E-state index is 0.000556. The summed E-state index contributed by atoms with van der Waals surface area (Å²) in [5.74, 6) is 0.455. The van der Waals surface area contributed by atoms with Crippen LogP contribution in [0.4, 0.5) is 5.82 Å². The van der Waals surface area contributed by atoms with Gasteiger partial charge in [-0.3, -0.25) is 4.79 Å².